The Bertz CT molecular complexity index is 763. The van der Waals surface area contributed by atoms with Crippen molar-refractivity contribution in [3.63, 3.8) is 0 Å². The molecule has 3 rings (SSSR count). The minimum Gasteiger partial charge on any atom is -0.490 e. The van der Waals surface area contributed by atoms with Crippen LogP contribution in [0, 0.1) is 0 Å². The normalized spacial score (nSPS) is 18.3. The zero-order valence-corrected chi connectivity index (χ0v) is 16.3. The number of pyridine rings is 1. The Morgan fingerprint density at radius 3 is 2.85 bits per heavy atom. The number of likely N-dealkylation sites (N-methyl/N-ethyl adjacent to an activating group) is 2. The molecule has 1 aromatic heterocycles. The summed E-state index contributed by atoms with van der Waals surface area (Å²) in [7, 11) is 4.26. The molecule has 0 aliphatic carbocycles. The number of ether oxygens (including phenoxy) is 1. The van der Waals surface area contributed by atoms with Gasteiger partial charge < -0.3 is 15.0 Å². The number of rotatable bonds is 6. The molecule has 0 radical (unpaired) electrons. The number of carbonyl (C=O) groups is 1. The summed E-state index contributed by atoms with van der Waals surface area (Å²) in [4.78, 5) is 21.3. The van der Waals surface area contributed by atoms with Crippen LogP contribution in [0.4, 0.5) is 5.82 Å². The van der Waals surface area contributed by atoms with E-state index >= 15 is 0 Å². The maximum Gasteiger partial charge on any atom is 0.256 e. The van der Waals surface area contributed by atoms with Gasteiger partial charge in [0.15, 0.2) is 0 Å². The zero-order valence-electron chi connectivity index (χ0n) is 16.3. The molecule has 1 aromatic carbocycles. The molecular formula is C21H28N4O2. The Morgan fingerprint density at radius 1 is 1.26 bits per heavy atom. The first-order chi connectivity index (χ1) is 13.0. The van der Waals surface area contributed by atoms with Crippen LogP contribution in [-0.4, -0.2) is 67.1 Å². The molecule has 1 aliphatic heterocycles. The molecule has 1 aliphatic rings. The number of carbonyl (C=O) groups excluding carboxylic acids is 1. The van der Waals surface area contributed by atoms with Crippen LogP contribution in [0.2, 0.25) is 0 Å². The van der Waals surface area contributed by atoms with Gasteiger partial charge in [-0.25, -0.2) is 4.98 Å². The molecule has 2 heterocycles. The highest BCUT2D eigenvalue weighted by Gasteiger charge is 2.22. The topological polar surface area (TPSA) is 57.7 Å². The van der Waals surface area contributed by atoms with E-state index < -0.39 is 0 Å². The maximum absolute atomic E-state index is 12.4. The summed E-state index contributed by atoms with van der Waals surface area (Å²) in [5.41, 5.74) is 1.78. The van der Waals surface area contributed by atoms with E-state index in [0.717, 1.165) is 31.6 Å². The molecule has 1 amide bonds. The Hall–Kier alpha value is -2.44. The van der Waals surface area contributed by atoms with E-state index in [9.17, 15) is 4.79 Å². The first-order valence-corrected chi connectivity index (χ1v) is 9.43. The van der Waals surface area contributed by atoms with Gasteiger partial charge in [-0.2, -0.15) is 0 Å². The van der Waals surface area contributed by atoms with E-state index in [4.69, 9.17) is 4.74 Å². The Kier molecular flexibility index (Phi) is 6.42. The van der Waals surface area contributed by atoms with Gasteiger partial charge in [0.2, 0.25) is 0 Å². The molecular weight excluding hydrogens is 340 g/mol. The van der Waals surface area contributed by atoms with Crippen molar-refractivity contribution < 1.29 is 9.53 Å². The van der Waals surface area contributed by atoms with Gasteiger partial charge in [0.1, 0.15) is 18.2 Å². The molecule has 6 heteroatoms. The van der Waals surface area contributed by atoms with E-state index in [1.54, 1.807) is 12.3 Å². The molecule has 144 valence electrons. The SMILES string of the molecule is CCc1cccc(C(=O)Nc2ccc(OCC3CN(C)CCN3C)cn2)c1. The minimum atomic E-state index is -0.154. The van der Waals surface area contributed by atoms with Gasteiger partial charge in [-0.05, 0) is 50.3 Å². The van der Waals surface area contributed by atoms with Crippen LogP contribution in [0.15, 0.2) is 42.6 Å². The van der Waals surface area contributed by atoms with Crippen LogP contribution in [-0.2, 0) is 6.42 Å². The third-order valence-corrected chi connectivity index (χ3v) is 5.00. The number of aryl methyl sites for hydroxylation is 1. The Labute approximate surface area is 161 Å². The monoisotopic (exact) mass is 368 g/mol. The Morgan fingerprint density at radius 2 is 2.11 bits per heavy atom. The van der Waals surface area contributed by atoms with Crippen LogP contribution in [0.5, 0.6) is 5.75 Å². The summed E-state index contributed by atoms with van der Waals surface area (Å²) in [6.45, 7) is 5.82. The first kappa shape index (κ1) is 19.3. The van der Waals surface area contributed by atoms with E-state index in [0.29, 0.717) is 29.8 Å². The summed E-state index contributed by atoms with van der Waals surface area (Å²) >= 11 is 0. The summed E-state index contributed by atoms with van der Waals surface area (Å²) in [6, 6.07) is 11.6. The van der Waals surface area contributed by atoms with Crippen LogP contribution >= 0.6 is 0 Å². The predicted octanol–water partition coefficient (Wildman–Crippen LogP) is 2.52. The average molecular weight is 368 g/mol. The minimum absolute atomic E-state index is 0.154. The van der Waals surface area contributed by atoms with Crippen molar-refractivity contribution in [3.05, 3.63) is 53.7 Å². The largest absolute Gasteiger partial charge is 0.490 e. The van der Waals surface area contributed by atoms with Gasteiger partial charge in [0.05, 0.1) is 12.2 Å². The average Bonchev–Trinajstić information content (AvgIpc) is 2.69. The molecule has 0 saturated carbocycles. The van der Waals surface area contributed by atoms with E-state index in [2.05, 4.69) is 41.1 Å². The lowest BCUT2D eigenvalue weighted by atomic mass is 10.1. The lowest BCUT2D eigenvalue weighted by Gasteiger charge is -2.37. The first-order valence-electron chi connectivity index (χ1n) is 9.43. The lowest BCUT2D eigenvalue weighted by molar-refractivity contribution is 0.0780. The number of piperazine rings is 1. The van der Waals surface area contributed by atoms with Gasteiger partial charge in [-0.15, -0.1) is 0 Å². The van der Waals surface area contributed by atoms with Crippen molar-refractivity contribution in [2.45, 2.75) is 19.4 Å². The van der Waals surface area contributed by atoms with E-state index in [1.807, 2.05) is 30.3 Å². The summed E-state index contributed by atoms with van der Waals surface area (Å²) in [5.74, 6) is 1.07. The third-order valence-electron chi connectivity index (χ3n) is 5.00. The number of hydrogen-bond donors (Lipinski definition) is 1. The molecule has 27 heavy (non-hydrogen) atoms. The van der Waals surface area contributed by atoms with Crippen LogP contribution in [0.25, 0.3) is 0 Å². The molecule has 6 nitrogen and oxygen atoms in total. The van der Waals surface area contributed by atoms with Crippen LogP contribution < -0.4 is 10.1 Å². The van der Waals surface area contributed by atoms with E-state index in [1.165, 1.54) is 0 Å². The Balaban J connectivity index is 1.54. The number of anilines is 1. The molecule has 1 saturated heterocycles. The highest BCUT2D eigenvalue weighted by atomic mass is 16.5. The fraction of sp³-hybridized carbons (Fsp3) is 0.429. The van der Waals surface area contributed by atoms with Gasteiger partial charge in [0.25, 0.3) is 5.91 Å². The second-order valence-electron chi connectivity index (χ2n) is 7.09. The molecule has 2 aromatic rings. The highest BCUT2D eigenvalue weighted by Crippen LogP contribution is 2.15. The molecule has 1 fully saturated rings. The zero-order chi connectivity index (χ0) is 19.2. The number of aromatic nitrogens is 1. The van der Waals surface area contributed by atoms with Gasteiger partial charge in [-0.1, -0.05) is 19.1 Å². The smallest absolute Gasteiger partial charge is 0.256 e. The fourth-order valence-electron chi connectivity index (χ4n) is 3.13. The quantitative estimate of drug-likeness (QED) is 0.849. The number of nitrogens with zero attached hydrogens (tertiary/aromatic N) is 3. The highest BCUT2D eigenvalue weighted by molar-refractivity contribution is 6.03. The predicted molar refractivity (Wildman–Crippen MR) is 107 cm³/mol. The molecule has 1 N–H and O–H groups in total. The summed E-state index contributed by atoms with van der Waals surface area (Å²) < 4.78 is 5.90. The molecule has 1 atom stereocenters. The number of benzene rings is 1. The summed E-state index contributed by atoms with van der Waals surface area (Å²) in [5, 5.41) is 2.83. The number of amides is 1. The second kappa shape index (κ2) is 8.97. The van der Waals surface area contributed by atoms with Gasteiger partial charge in [0, 0.05) is 25.2 Å². The maximum atomic E-state index is 12.4. The number of nitrogens with one attached hydrogen (secondary N) is 1. The standard InChI is InChI=1S/C21H28N4O2/c1-4-16-6-5-7-17(12-16)21(26)23-20-9-8-19(13-22-20)27-15-18-14-24(2)10-11-25(18)3/h5-9,12-13,18H,4,10-11,14-15H2,1-3H3,(H,22,23,26). The van der Waals surface area contributed by atoms with Gasteiger partial charge in [-0.3, -0.25) is 9.69 Å². The summed E-state index contributed by atoms with van der Waals surface area (Å²) in [6.07, 6.45) is 2.56. The van der Waals surface area contributed by atoms with Crippen molar-refractivity contribution in [2.24, 2.45) is 0 Å². The molecule has 1 unspecified atom stereocenters. The molecule has 0 bridgehead atoms. The number of hydrogen-bond acceptors (Lipinski definition) is 5. The van der Waals surface area contributed by atoms with Crippen LogP contribution in [0.1, 0.15) is 22.8 Å². The van der Waals surface area contributed by atoms with Crippen molar-refractivity contribution in [1.29, 1.82) is 0 Å². The fourth-order valence-corrected chi connectivity index (χ4v) is 3.13. The van der Waals surface area contributed by atoms with Crippen molar-refractivity contribution in [3.8, 4) is 5.75 Å². The lowest BCUT2D eigenvalue weighted by Crippen LogP contribution is -2.52. The molecule has 0 spiro atoms. The second-order valence-corrected chi connectivity index (χ2v) is 7.09. The van der Waals surface area contributed by atoms with Crippen molar-refractivity contribution in [2.75, 3.05) is 45.7 Å². The van der Waals surface area contributed by atoms with Crippen LogP contribution in [0.3, 0.4) is 0 Å². The van der Waals surface area contributed by atoms with Crippen molar-refractivity contribution >= 4 is 11.7 Å². The van der Waals surface area contributed by atoms with E-state index in [-0.39, 0.29) is 5.91 Å². The third kappa shape index (κ3) is 5.28. The van der Waals surface area contributed by atoms with Gasteiger partial charge >= 0.3 is 0 Å². The van der Waals surface area contributed by atoms with Crippen molar-refractivity contribution in [1.82, 2.24) is 14.8 Å².